The van der Waals surface area contributed by atoms with Gasteiger partial charge >= 0.3 is 6.18 Å². The molecule has 3 saturated carbocycles. The second-order valence-corrected chi connectivity index (χ2v) is 9.98. The monoisotopic (exact) mass is 402 g/mol. The van der Waals surface area contributed by atoms with Crippen LogP contribution in [0.15, 0.2) is 22.8 Å². The maximum Gasteiger partial charge on any atom is 0.417 e. The molecule has 0 saturated heterocycles. The molecule has 1 N–H and O–H groups in total. The second-order valence-electron chi connectivity index (χ2n) is 9.60. The fourth-order valence-electron chi connectivity index (χ4n) is 7.09. The van der Waals surface area contributed by atoms with Gasteiger partial charge in [0, 0.05) is 10.8 Å². The van der Waals surface area contributed by atoms with Crippen molar-refractivity contribution in [1.29, 1.82) is 0 Å². The lowest BCUT2D eigenvalue weighted by atomic mass is 9.45. The molecule has 0 aromatic heterocycles. The SMILES string of the molecule is C[C@@H]1CC2=C(Cl)C(=O)C=C[C@]2(C)[C@H]2CC[C@@]3(C)[C@@H](CC[C@@]3(O)C(F)(F)F)[C@H]12. The highest BCUT2D eigenvalue weighted by Crippen LogP contribution is 2.70. The summed E-state index contributed by atoms with van der Waals surface area (Å²) in [6.45, 7) is 5.78. The van der Waals surface area contributed by atoms with Gasteiger partial charge in [0.2, 0.25) is 0 Å². The van der Waals surface area contributed by atoms with Crippen molar-refractivity contribution in [3.8, 4) is 0 Å². The molecule has 0 aliphatic heterocycles. The van der Waals surface area contributed by atoms with Crippen LogP contribution in [0.2, 0.25) is 0 Å². The number of hydrogen-bond donors (Lipinski definition) is 1. The number of alkyl halides is 3. The highest BCUT2D eigenvalue weighted by atomic mass is 35.5. The highest BCUT2D eigenvalue weighted by Gasteiger charge is 2.72. The molecule has 0 aromatic rings. The molecule has 0 aromatic carbocycles. The van der Waals surface area contributed by atoms with E-state index in [1.54, 1.807) is 6.92 Å². The molecule has 0 radical (unpaired) electrons. The number of carbonyl (C=O) groups excluding carboxylic acids is 1. The Bertz CT molecular complexity index is 757. The van der Waals surface area contributed by atoms with Crippen molar-refractivity contribution in [3.63, 3.8) is 0 Å². The van der Waals surface area contributed by atoms with Crippen LogP contribution in [-0.4, -0.2) is 22.7 Å². The van der Waals surface area contributed by atoms with Crippen molar-refractivity contribution in [3.05, 3.63) is 22.8 Å². The first-order valence-corrected chi connectivity index (χ1v) is 10.2. The van der Waals surface area contributed by atoms with E-state index in [-0.39, 0.29) is 46.3 Å². The summed E-state index contributed by atoms with van der Waals surface area (Å²) in [6, 6.07) is 0. The molecule has 7 atom stereocenters. The highest BCUT2D eigenvalue weighted by molar-refractivity contribution is 6.45. The Kier molecular flexibility index (Phi) is 4.06. The smallest absolute Gasteiger partial charge is 0.380 e. The maximum absolute atomic E-state index is 13.8. The van der Waals surface area contributed by atoms with Gasteiger partial charge in [-0.2, -0.15) is 13.2 Å². The Balaban J connectivity index is 1.77. The van der Waals surface area contributed by atoms with Gasteiger partial charge in [0.1, 0.15) is 0 Å². The van der Waals surface area contributed by atoms with Crippen molar-refractivity contribution in [2.75, 3.05) is 0 Å². The molecule has 2 nitrogen and oxygen atoms in total. The van der Waals surface area contributed by atoms with Crippen molar-refractivity contribution >= 4 is 17.4 Å². The van der Waals surface area contributed by atoms with Gasteiger partial charge < -0.3 is 5.11 Å². The largest absolute Gasteiger partial charge is 0.417 e. The third-order valence-corrected chi connectivity index (χ3v) is 9.03. The summed E-state index contributed by atoms with van der Waals surface area (Å²) in [6.07, 6.45) is 0.569. The molecule has 4 aliphatic carbocycles. The average molecular weight is 403 g/mol. The van der Waals surface area contributed by atoms with E-state index in [4.69, 9.17) is 11.6 Å². The van der Waals surface area contributed by atoms with E-state index >= 15 is 0 Å². The fourth-order valence-corrected chi connectivity index (χ4v) is 7.44. The van der Waals surface area contributed by atoms with E-state index in [1.807, 2.05) is 6.08 Å². The number of hydrogen-bond acceptors (Lipinski definition) is 2. The van der Waals surface area contributed by atoms with Gasteiger partial charge in [0.05, 0.1) is 5.03 Å². The summed E-state index contributed by atoms with van der Waals surface area (Å²) < 4.78 is 41.4. The third kappa shape index (κ3) is 2.27. The van der Waals surface area contributed by atoms with Crippen LogP contribution in [-0.2, 0) is 4.79 Å². The number of carbonyl (C=O) groups is 1. The lowest BCUT2D eigenvalue weighted by Crippen LogP contribution is -2.60. The third-order valence-electron chi connectivity index (χ3n) is 8.62. The molecule has 0 spiro atoms. The Hall–Kier alpha value is -0.810. The van der Waals surface area contributed by atoms with Crippen LogP contribution in [0, 0.1) is 34.5 Å². The van der Waals surface area contributed by atoms with E-state index < -0.39 is 17.2 Å². The minimum atomic E-state index is -4.61. The first-order valence-electron chi connectivity index (χ1n) is 9.78. The average Bonchev–Trinajstić information content (AvgIpc) is 2.86. The number of fused-ring (bicyclic) bond motifs is 5. The number of halogens is 4. The van der Waals surface area contributed by atoms with Crippen LogP contribution in [0.5, 0.6) is 0 Å². The number of rotatable bonds is 0. The zero-order valence-corrected chi connectivity index (χ0v) is 16.6. The zero-order chi connectivity index (χ0) is 20.0. The van der Waals surface area contributed by atoms with E-state index in [0.29, 0.717) is 25.7 Å². The van der Waals surface area contributed by atoms with Crippen molar-refractivity contribution in [1.82, 2.24) is 0 Å². The van der Waals surface area contributed by atoms with Crippen molar-refractivity contribution < 1.29 is 23.1 Å². The summed E-state index contributed by atoms with van der Waals surface area (Å²) in [5.41, 5.74) is -3.21. The Morgan fingerprint density at radius 1 is 1.19 bits per heavy atom. The Morgan fingerprint density at radius 2 is 1.81 bits per heavy atom. The predicted octanol–water partition coefficient (Wildman–Crippen LogP) is 5.40. The van der Waals surface area contributed by atoms with E-state index in [2.05, 4.69) is 13.8 Å². The van der Waals surface area contributed by atoms with Gasteiger partial charge in [-0.3, -0.25) is 4.79 Å². The number of aliphatic hydroxyl groups is 1. The minimum absolute atomic E-state index is 0.0798. The maximum atomic E-state index is 13.8. The van der Waals surface area contributed by atoms with Crippen LogP contribution in [0.1, 0.15) is 52.9 Å². The predicted molar refractivity (Wildman–Crippen MR) is 97.0 cm³/mol. The van der Waals surface area contributed by atoms with Crippen LogP contribution in [0.4, 0.5) is 13.2 Å². The van der Waals surface area contributed by atoms with Crippen LogP contribution >= 0.6 is 11.6 Å². The molecular formula is C21H26ClF3O2. The van der Waals surface area contributed by atoms with Gasteiger partial charge in [-0.15, -0.1) is 0 Å². The number of ketones is 1. The lowest BCUT2D eigenvalue weighted by Gasteiger charge is -2.60. The second kappa shape index (κ2) is 5.63. The van der Waals surface area contributed by atoms with E-state index in [1.165, 1.54) is 6.08 Å². The van der Waals surface area contributed by atoms with Crippen molar-refractivity contribution in [2.45, 2.75) is 64.7 Å². The molecule has 6 heteroatoms. The molecule has 4 rings (SSSR count). The van der Waals surface area contributed by atoms with Crippen molar-refractivity contribution in [2.24, 2.45) is 34.5 Å². The van der Waals surface area contributed by atoms with Gasteiger partial charge in [0.25, 0.3) is 0 Å². The molecule has 27 heavy (non-hydrogen) atoms. The first kappa shape index (κ1) is 19.5. The van der Waals surface area contributed by atoms with Crippen LogP contribution in [0.25, 0.3) is 0 Å². The lowest BCUT2D eigenvalue weighted by molar-refractivity contribution is -0.303. The molecular weight excluding hydrogens is 377 g/mol. The minimum Gasteiger partial charge on any atom is -0.380 e. The van der Waals surface area contributed by atoms with E-state index in [0.717, 1.165) is 5.57 Å². The summed E-state index contributed by atoms with van der Waals surface area (Å²) in [5, 5.41) is 11.0. The van der Waals surface area contributed by atoms with Gasteiger partial charge in [0.15, 0.2) is 11.4 Å². The molecule has 150 valence electrons. The standard InChI is InChI=1S/C21H26ClF3O2/c1-11-10-14-17(22)15(26)6-7-18(14,2)12-4-8-19(3)13(16(11)12)5-9-20(19,27)21(23,24)25/h6-7,11-13,16,27H,4-5,8-10H2,1-3H3/t11-,12+,13+,16-,18-,19+,20+/m1/s1. The molecule has 0 heterocycles. The first-order chi connectivity index (χ1) is 12.4. The van der Waals surface area contributed by atoms with Gasteiger partial charge in [-0.05, 0) is 67.4 Å². The fraction of sp³-hybridized carbons (Fsp3) is 0.762. The Morgan fingerprint density at radius 3 is 2.44 bits per heavy atom. The summed E-state index contributed by atoms with van der Waals surface area (Å²) in [5.74, 6) is -0.00524. The number of allylic oxidation sites excluding steroid dienone is 4. The molecule has 0 unspecified atom stereocenters. The van der Waals surface area contributed by atoms with Crippen LogP contribution < -0.4 is 0 Å². The summed E-state index contributed by atoms with van der Waals surface area (Å²) in [4.78, 5) is 12.1. The summed E-state index contributed by atoms with van der Waals surface area (Å²) >= 11 is 6.36. The normalized spacial score (nSPS) is 49.7. The molecule has 3 fully saturated rings. The van der Waals surface area contributed by atoms with E-state index in [9.17, 15) is 23.1 Å². The zero-order valence-electron chi connectivity index (χ0n) is 15.9. The summed E-state index contributed by atoms with van der Waals surface area (Å²) in [7, 11) is 0. The molecule has 0 amide bonds. The van der Waals surface area contributed by atoms with Crippen LogP contribution in [0.3, 0.4) is 0 Å². The quantitative estimate of drug-likeness (QED) is 0.589. The topological polar surface area (TPSA) is 37.3 Å². The molecule has 4 aliphatic rings. The van der Waals surface area contributed by atoms with Gasteiger partial charge in [-0.25, -0.2) is 0 Å². The van der Waals surface area contributed by atoms with Gasteiger partial charge in [-0.1, -0.05) is 38.4 Å². The Labute approximate surface area is 162 Å². The molecule has 0 bridgehead atoms.